The molecule has 0 saturated heterocycles. The summed E-state index contributed by atoms with van der Waals surface area (Å²) in [5, 5.41) is 5.90. The third-order valence-corrected chi connectivity index (χ3v) is 5.48. The van der Waals surface area contributed by atoms with Crippen molar-refractivity contribution in [3.8, 4) is 0 Å². The van der Waals surface area contributed by atoms with E-state index in [1.165, 1.54) is 25.1 Å². The molecule has 31 heavy (non-hydrogen) atoms. The maximum Gasteiger partial charge on any atom is 0.307 e. The molecular weight excluding hydrogens is 440 g/mol. The number of benzene rings is 1. The van der Waals surface area contributed by atoms with Crippen molar-refractivity contribution in [3.05, 3.63) is 52.8 Å². The monoisotopic (exact) mass is 464 g/mol. The van der Waals surface area contributed by atoms with Crippen LogP contribution in [0.1, 0.15) is 35.8 Å². The van der Waals surface area contributed by atoms with E-state index in [9.17, 15) is 14.4 Å². The molecule has 1 atom stereocenters. The molecule has 0 spiro atoms. The smallest absolute Gasteiger partial charge is 0.307 e. The number of esters is 1. The Balaban J connectivity index is 2.14. The number of amides is 2. The highest BCUT2D eigenvalue weighted by Gasteiger charge is 2.24. The number of methoxy groups -OCH3 is 1. The van der Waals surface area contributed by atoms with Gasteiger partial charge in [-0.3, -0.25) is 14.4 Å². The van der Waals surface area contributed by atoms with Crippen molar-refractivity contribution >= 4 is 41.1 Å². The fraction of sp³-hybridized carbons (Fsp3) is 0.381. The number of carbonyl (C=O) groups excluding carboxylic acids is 3. The van der Waals surface area contributed by atoms with E-state index in [0.717, 1.165) is 17.7 Å². The Morgan fingerprint density at radius 3 is 2.65 bits per heavy atom. The predicted octanol–water partition coefficient (Wildman–Crippen LogP) is 2.65. The molecule has 0 bridgehead atoms. The normalized spacial score (nSPS) is 11.5. The molecule has 166 valence electrons. The zero-order valence-corrected chi connectivity index (χ0v) is 19.0. The van der Waals surface area contributed by atoms with Crippen LogP contribution in [0.3, 0.4) is 0 Å². The fourth-order valence-electron chi connectivity index (χ4n) is 2.57. The minimum absolute atomic E-state index is 0.00990. The van der Waals surface area contributed by atoms with Gasteiger partial charge in [-0.2, -0.15) is 0 Å². The van der Waals surface area contributed by atoms with Gasteiger partial charge in [0.15, 0.2) is 10.9 Å². The molecule has 1 heterocycles. The van der Waals surface area contributed by atoms with Crippen LogP contribution in [0.15, 0.2) is 41.7 Å². The molecule has 0 aliphatic carbocycles. The van der Waals surface area contributed by atoms with Gasteiger partial charge in [0.25, 0.3) is 5.91 Å². The Kier molecular flexibility index (Phi) is 10.3. The number of ether oxygens (including phenoxy) is 1. The molecular formula is C21H25ClN4O4S. The number of nitrogens with one attached hydrogen (secondary N) is 2. The van der Waals surface area contributed by atoms with Crippen molar-refractivity contribution < 1.29 is 19.1 Å². The van der Waals surface area contributed by atoms with E-state index in [4.69, 9.17) is 11.6 Å². The maximum atomic E-state index is 12.9. The van der Waals surface area contributed by atoms with Crippen LogP contribution in [0.2, 0.25) is 5.02 Å². The van der Waals surface area contributed by atoms with Crippen molar-refractivity contribution in [2.75, 3.05) is 19.4 Å². The summed E-state index contributed by atoms with van der Waals surface area (Å²) in [6.07, 6.45) is 2.61. The second kappa shape index (κ2) is 12.9. The molecule has 2 aromatic rings. The van der Waals surface area contributed by atoms with Gasteiger partial charge in [-0.1, -0.05) is 60.6 Å². The Bertz CT molecular complexity index is 898. The first-order valence-electron chi connectivity index (χ1n) is 9.79. The average Bonchev–Trinajstić information content (AvgIpc) is 2.78. The molecule has 1 aromatic carbocycles. The quantitative estimate of drug-likeness (QED) is 0.299. The van der Waals surface area contributed by atoms with Crippen molar-refractivity contribution in [1.82, 2.24) is 20.6 Å². The third-order valence-electron chi connectivity index (χ3n) is 4.13. The molecule has 2 N–H and O–H groups in total. The van der Waals surface area contributed by atoms with E-state index < -0.39 is 23.8 Å². The molecule has 0 saturated carbocycles. The van der Waals surface area contributed by atoms with Crippen molar-refractivity contribution in [2.45, 2.75) is 37.4 Å². The lowest BCUT2D eigenvalue weighted by Crippen LogP contribution is -2.48. The summed E-state index contributed by atoms with van der Waals surface area (Å²) in [4.78, 5) is 45.3. The fourth-order valence-corrected chi connectivity index (χ4v) is 3.42. The Morgan fingerprint density at radius 2 is 1.97 bits per heavy atom. The van der Waals surface area contributed by atoms with Crippen LogP contribution in [-0.2, 0) is 20.7 Å². The number of hydrogen-bond donors (Lipinski definition) is 2. The first-order chi connectivity index (χ1) is 14.9. The summed E-state index contributed by atoms with van der Waals surface area (Å²) in [6, 6.07) is 8.40. The molecule has 0 fully saturated rings. The zero-order chi connectivity index (χ0) is 22.6. The minimum Gasteiger partial charge on any atom is -0.469 e. The van der Waals surface area contributed by atoms with E-state index in [2.05, 4.69) is 25.3 Å². The topological polar surface area (TPSA) is 110 Å². The third kappa shape index (κ3) is 8.18. The largest absolute Gasteiger partial charge is 0.469 e. The number of rotatable bonds is 11. The lowest BCUT2D eigenvalue weighted by Gasteiger charge is -2.19. The summed E-state index contributed by atoms with van der Waals surface area (Å²) in [5.74, 6) is -0.627. The average molecular weight is 465 g/mol. The highest BCUT2D eigenvalue weighted by atomic mass is 35.5. The number of nitrogens with zero attached hydrogens (tertiary/aromatic N) is 2. The Labute approximate surface area is 190 Å². The van der Waals surface area contributed by atoms with Crippen LogP contribution >= 0.6 is 23.4 Å². The number of aromatic nitrogens is 2. The van der Waals surface area contributed by atoms with Gasteiger partial charge >= 0.3 is 5.97 Å². The number of carbonyl (C=O) groups is 3. The van der Waals surface area contributed by atoms with Crippen molar-refractivity contribution in [3.63, 3.8) is 0 Å². The maximum absolute atomic E-state index is 12.9. The molecule has 8 nitrogen and oxygen atoms in total. The number of hydrogen-bond acceptors (Lipinski definition) is 7. The number of thioether (sulfide) groups is 1. The summed E-state index contributed by atoms with van der Waals surface area (Å²) in [7, 11) is 1.28. The summed E-state index contributed by atoms with van der Waals surface area (Å²) >= 11 is 7.56. The van der Waals surface area contributed by atoms with E-state index in [1.807, 2.05) is 37.3 Å². The number of halogens is 1. The van der Waals surface area contributed by atoms with Gasteiger partial charge in [-0.05, 0) is 12.0 Å². The molecule has 0 radical (unpaired) electrons. The standard InChI is InChI=1S/C21H25ClN4O4S/c1-3-11-31-21-24-13-15(22)18(26-21)20(29)25-16(12-14-7-5-4-6-8-14)19(28)23-10-9-17(27)30-2/h4-8,13,16H,3,9-12H2,1-2H3,(H,23,28)(H,25,29)/t16-/m0/s1. The summed E-state index contributed by atoms with van der Waals surface area (Å²) in [5.41, 5.74) is 0.875. The second-order valence-electron chi connectivity index (χ2n) is 6.53. The molecule has 1 aromatic heterocycles. The van der Waals surface area contributed by atoms with E-state index >= 15 is 0 Å². The zero-order valence-electron chi connectivity index (χ0n) is 17.4. The first kappa shape index (κ1) is 24.6. The predicted molar refractivity (Wildman–Crippen MR) is 119 cm³/mol. The SMILES string of the molecule is CCCSc1ncc(Cl)c(C(=O)N[C@@H](Cc2ccccc2)C(=O)NCCC(=O)OC)n1. The van der Waals surface area contributed by atoms with Crippen molar-refractivity contribution in [2.24, 2.45) is 0 Å². The Morgan fingerprint density at radius 1 is 1.23 bits per heavy atom. The van der Waals surface area contributed by atoms with Gasteiger partial charge in [0.05, 0.1) is 24.8 Å². The molecule has 2 rings (SSSR count). The van der Waals surface area contributed by atoms with Gasteiger partial charge in [-0.15, -0.1) is 0 Å². The van der Waals surface area contributed by atoms with Gasteiger partial charge < -0.3 is 15.4 Å². The Hall–Kier alpha value is -2.65. The van der Waals surface area contributed by atoms with E-state index in [-0.39, 0.29) is 30.1 Å². The highest BCUT2D eigenvalue weighted by molar-refractivity contribution is 7.99. The first-order valence-corrected chi connectivity index (χ1v) is 11.2. The highest BCUT2D eigenvalue weighted by Crippen LogP contribution is 2.19. The van der Waals surface area contributed by atoms with Crippen LogP contribution in [-0.4, -0.2) is 53.2 Å². The van der Waals surface area contributed by atoms with Crippen molar-refractivity contribution in [1.29, 1.82) is 0 Å². The van der Waals surface area contributed by atoms with E-state index in [1.54, 1.807) is 0 Å². The summed E-state index contributed by atoms with van der Waals surface area (Å²) in [6.45, 7) is 2.13. The van der Waals surface area contributed by atoms with Gasteiger partial charge in [-0.25, -0.2) is 9.97 Å². The molecule has 0 aliphatic heterocycles. The van der Waals surface area contributed by atoms with Crippen LogP contribution in [0, 0.1) is 0 Å². The van der Waals surface area contributed by atoms with Gasteiger partial charge in [0.1, 0.15) is 6.04 Å². The second-order valence-corrected chi connectivity index (χ2v) is 8.00. The molecule has 0 unspecified atom stereocenters. The molecule has 0 aliphatic rings. The van der Waals surface area contributed by atoms with Crippen LogP contribution in [0.4, 0.5) is 0 Å². The van der Waals surface area contributed by atoms with Gasteiger partial charge in [0, 0.05) is 18.7 Å². The van der Waals surface area contributed by atoms with E-state index in [0.29, 0.717) is 5.16 Å². The van der Waals surface area contributed by atoms with Crippen LogP contribution in [0.25, 0.3) is 0 Å². The van der Waals surface area contributed by atoms with Crippen LogP contribution < -0.4 is 10.6 Å². The lowest BCUT2D eigenvalue weighted by atomic mass is 10.0. The minimum atomic E-state index is -0.884. The molecule has 10 heteroatoms. The lowest BCUT2D eigenvalue weighted by molar-refractivity contribution is -0.140. The summed E-state index contributed by atoms with van der Waals surface area (Å²) < 4.78 is 4.57. The van der Waals surface area contributed by atoms with Crippen LogP contribution in [0.5, 0.6) is 0 Å². The molecule has 2 amide bonds. The van der Waals surface area contributed by atoms with Gasteiger partial charge in [0.2, 0.25) is 5.91 Å².